The molecule has 102 valence electrons. The van der Waals surface area contributed by atoms with Crippen molar-refractivity contribution in [3.05, 3.63) is 11.9 Å². The van der Waals surface area contributed by atoms with Gasteiger partial charge >= 0.3 is 0 Å². The molecule has 0 radical (unpaired) electrons. The molecular formula is C13H23N3O2. The molecule has 0 saturated carbocycles. The normalized spacial score (nSPS) is 12.4. The Morgan fingerprint density at radius 2 is 1.89 bits per heavy atom. The fraction of sp³-hybridized carbons (Fsp3) is 0.692. The number of anilines is 1. The maximum atomic E-state index is 10.1. The van der Waals surface area contributed by atoms with Crippen LogP contribution in [0.1, 0.15) is 40.4 Å². The molecule has 1 aromatic rings. The van der Waals surface area contributed by atoms with Crippen LogP contribution >= 0.6 is 0 Å². The minimum absolute atomic E-state index is 0.517. The van der Waals surface area contributed by atoms with E-state index in [1.54, 1.807) is 19.9 Å². The first-order valence-corrected chi connectivity index (χ1v) is 6.15. The van der Waals surface area contributed by atoms with Gasteiger partial charge in [-0.1, -0.05) is 0 Å². The zero-order valence-corrected chi connectivity index (χ0v) is 12.0. The van der Waals surface area contributed by atoms with Crippen molar-refractivity contribution in [1.82, 2.24) is 9.97 Å². The SMILES string of the molecule is CCOc1cc(NC(C)(C)C(C)(C)O)nc(C)n1. The van der Waals surface area contributed by atoms with Gasteiger partial charge in [0.15, 0.2) is 0 Å². The summed E-state index contributed by atoms with van der Waals surface area (Å²) in [5.41, 5.74) is -1.39. The molecule has 5 heteroatoms. The number of hydrogen-bond donors (Lipinski definition) is 2. The lowest BCUT2D eigenvalue weighted by Gasteiger charge is -2.38. The number of aromatic nitrogens is 2. The van der Waals surface area contributed by atoms with Crippen molar-refractivity contribution in [1.29, 1.82) is 0 Å². The van der Waals surface area contributed by atoms with Crippen LogP contribution in [0.3, 0.4) is 0 Å². The molecule has 0 aliphatic heterocycles. The fourth-order valence-corrected chi connectivity index (χ4v) is 1.30. The van der Waals surface area contributed by atoms with Crippen LogP contribution < -0.4 is 10.1 Å². The molecule has 0 atom stereocenters. The van der Waals surface area contributed by atoms with Crippen LogP contribution in [0.5, 0.6) is 5.88 Å². The molecule has 0 aliphatic carbocycles. The lowest BCUT2D eigenvalue weighted by molar-refractivity contribution is 0.0238. The highest BCUT2D eigenvalue weighted by Gasteiger charge is 2.35. The summed E-state index contributed by atoms with van der Waals surface area (Å²) in [6, 6.07) is 1.74. The van der Waals surface area contributed by atoms with Crippen LogP contribution in [0.25, 0.3) is 0 Å². The molecule has 2 N–H and O–H groups in total. The summed E-state index contributed by atoms with van der Waals surface area (Å²) in [5, 5.41) is 13.3. The molecule has 1 rings (SSSR count). The zero-order chi connectivity index (χ0) is 14.0. The van der Waals surface area contributed by atoms with Crippen molar-refractivity contribution in [2.75, 3.05) is 11.9 Å². The Labute approximate surface area is 109 Å². The minimum atomic E-state index is -0.877. The molecule has 1 heterocycles. The van der Waals surface area contributed by atoms with E-state index in [1.165, 1.54) is 0 Å². The van der Waals surface area contributed by atoms with Crippen LogP contribution in [0.15, 0.2) is 6.07 Å². The highest BCUT2D eigenvalue weighted by molar-refractivity contribution is 5.41. The maximum Gasteiger partial charge on any atom is 0.218 e. The smallest absolute Gasteiger partial charge is 0.218 e. The predicted molar refractivity (Wildman–Crippen MR) is 71.9 cm³/mol. The molecule has 0 fully saturated rings. The van der Waals surface area contributed by atoms with E-state index in [2.05, 4.69) is 15.3 Å². The first-order chi connectivity index (χ1) is 8.15. The van der Waals surface area contributed by atoms with E-state index in [0.29, 0.717) is 24.1 Å². The van der Waals surface area contributed by atoms with Gasteiger partial charge < -0.3 is 15.2 Å². The van der Waals surface area contributed by atoms with Crippen LogP contribution in [0.4, 0.5) is 5.82 Å². The minimum Gasteiger partial charge on any atom is -0.478 e. The van der Waals surface area contributed by atoms with E-state index in [-0.39, 0.29) is 0 Å². The average molecular weight is 253 g/mol. The van der Waals surface area contributed by atoms with E-state index < -0.39 is 11.1 Å². The summed E-state index contributed by atoms with van der Waals surface area (Å²) in [6.07, 6.45) is 0. The van der Waals surface area contributed by atoms with Crippen molar-refractivity contribution >= 4 is 5.82 Å². The Balaban J connectivity index is 2.97. The fourth-order valence-electron chi connectivity index (χ4n) is 1.30. The number of ether oxygens (including phenoxy) is 1. The third-order valence-electron chi connectivity index (χ3n) is 3.08. The molecular weight excluding hydrogens is 230 g/mol. The molecule has 1 aromatic heterocycles. The monoisotopic (exact) mass is 253 g/mol. The number of nitrogens with one attached hydrogen (secondary N) is 1. The number of aliphatic hydroxyl groups is 1. The maximum absolute atomic E-state index is 10.1. The van der Waals surface area contributed by atoms with E-state index in [0.717, 1.165) is 0 Å². The molecule has 0 aromatic carbocycles. The van der Waals surface area contributed by atoms with Crippen LogP contribution in [0, 0.1) is 6.92 Å². The highest BCUT2D eigenvalue weighted by Crippen LogP contribution is 2.26. The standard InChI is InChI=1S/C13H23N3O2/c1-7-18-11-8-10(14-9(2)15-11)16-12(3,4)13(5,6)17/h8,17H,7H2,1-6H3,(H,14,15,16). The predicted octanol–water partition coefficient (Wildman–Crippen LogP) is 2.15. The lowest BCUT2D eigenvalue weighted by atomic mass is 9.86. The van der Waals surface area contributed by atoms with Gasteiger partial charge in [0, 0.05) is 6.07 Å². The number of hydrogen-bond acceptors (Lipinski definition) is 5. The molecule has 0 saturated heterocycles. The average Bonchev–Trinajstić information content (AvgIpc) is 2.13. The zero-order valence-electron chi connectivity index (χ0n) is 12.0. The summed E-state index contributed by atoms with van der Waals surface area (Å²) in [6.45, 7) is 11.6. The molecule has 18 heavy (non-hydrogen) atoms. The van der Waals surface area contributed by atoms with Gasteiger partial charge in [0.05, 0.1) is 17.7 Å². The van der Waals surface area contributed by atoms with Crippen LogP contribution in [-0.2, 0) is 0 Å². The van der Waals surface area contributed by atoms with E-state index >= 15 is 0 Å². The number of aryl methyl sites for hydroxylation is 1. The molecule has 0 unspecified atom stereocenters. The second kappa shape index (κ2) is 5.10. The van der Waals surface area contributed by atoms with Gasteiger partial charge in [-0.3, -0.25) is 0 Å². The Hall–Kier alpha value is -1.36. The first kappa shape index (κ1) is 14.7. The van der Waals surface area contributed by atoms with Gasteiger partial charge in [0.25, 0.3) is 0 Å². The summed E-state index contributed by atoms with van der Waals surface area (Å²) in [7, 11) is 0. The summed E-state index contributed by atoms with van der Waals surface area (Å²) >= 11 is 0. The molecule has 5 nitrogen and oxygen atoms in total. The topological polar surface area (TPSA) is 67.3 Å². The van der Waals surface area contributed by atoms with Crippen molar-refractivity contribution in [2.24, 2.45) is 0 Å². The second-order valence-electron chi connectivity index (χ2n) is 5.38. The summed E-state index contributed by atoms with van der Waals surface area (Å²) in [5.74, 6) is 1.83. The van der Waals surface area contributed by atoms with Crippen molar-refractivity contribution in [3.63, 3.8) is 0 Å². The van der Waals surface area contributed by atoms with E-state index in [1.807, 2.05) is 27.7 Å². The van der Waals surface area contributed by atoms with E-state index in [4.69, 9.17) is 4.74 Å². The summed E-state index contributed by atoms with van der Waals surface area (Å²) in [4.78, 5) is 8.48. The van der Waals surface area contributed by atoms with Gasteiger partial charge in [0.2, 0.25) is 5.88 Å². The number of rotatable bonds is 5. The van der Waals surface area contributed by atoms with Gasteiger partial charge in [-0.15, -0.1) is 0 Å². The molecule has 0 aliphatic rings. The second-order valence-corrected chi connectivity index (χ2v) is 5.38. The Bertz CT molecular complexity index is 411. The first-order valence-electron chi connectivity index (χ1n) is 6.15. The van der Waals surface area contributed by atoms with Crippen LogP contribution in [0.2, 0.25) is 0 Å². The van der Waals surface area contributed by atoms with Gasteiger partial charge in [-0.05, 0) is 41.5 Å². The Kier molecular flexibility index (Phi) is 4.16. The largest absolute Gasteiger partial charge is 0.478 e. The Morgan fingerprint density at radius 3 is 2.39 bits per heavy atom. The van der Waals surface area contributed by atoms with Crippen molar-refractivity contribution in [2.45, 2.75) is 52.7 Å². The molecule has 0 amide bonds. The third kappa shape index (κ3) is 3.57. The molecule has 0 spiro atoms. The van der Waals surface area contributed by atoms with Crippen molar-refractivity contribution in [3.8, 4) is 5.88 Å². The lowest BCUT2D eigenvalue weighted by Crippen LogP contribution is -2.51. The van der Waals surface area contributed by atoms with Crippen LogP contribution in [-0.4, -0.2) is 32.8 Å². The van der Waals surface area contributed by atoms with Gasteiger partial charge in [-0.2, -0.15) is 4.98 Å². The quantitative estimate of drug-likeness (QED) is 0.841. The van der Waals surface area contributed by atoms with Gasteiger partial charge in [-0.25, -0.2) is 4.98 Å². The Morgan fingerprint density at radius 1 is 1.28 bits per heavy atom. The number of nitrogens with zero attached hydrogens (tertiary/aromatic N) is 2. The third-order valence-corrected chi connectivity index (χ3v) is 3.08. The molecule has 0 bridgehead atoms. The van der Waals surface area contributed by atoms with Crippen molar-refractivity contribution < 1.29 is 9.84 Å². The van der Waals surface area contributed by atoms with Gasteiger partial charge in [0.1, 0.15) is 11.6 Å². The summed E-state index contributed by atoms with van der Waals surface area (Å²) < 4.78 is 5.37. The highest BCUT2D eigenvalue weighted by atomic mass is 16.5. The van der Waals surface area contributed by atoms with E-state index in [9.17, 15) is 5.11 Å².